The molecule has 0 fully saturated rings. The topological polar surface area (TPSA) is 53.1 Å². The fourth-order valence-corrected chi connectivity index (χ4v) is 0.983. The molecule has 1 aromatic heterocycles. The summed E-state index contributed by atoms with van der Waals surface area (Å²) in [6.45, 7) is 1.99. The summed E-state index contributed by atoms with van der Waals surface area (Å²) < 4.78 is 5.18. The average Bonchev–Trinajstić information content (AvgIpc) is 2.62. The number of hydrogen-bond donors (Lipinski definition) is 0. The third-order valence-electron chi connectivity index (χ3n) is 1.65. The maximum absolute atomic E-state index is 8.87. The summed E-state index contributed by atoms with van der Waals surface area (Å²) in [5.74, 6) is 0.387. The molecule has 0 spiro atoms. The first kappa shape index (κ1) is 10.3. The largest absolute Gasteiger partial charge is 0.444 e. The number of rotatable bonds is 3. The van der Waals surface area contributed by atoms with Crippen molar-refractivity contribution in [1.82, 2.24) is 9.88 Å². The molecule has 0 atom stereocenters. The number of allylic oxidation sites excluding steroid dienone is 1. The molecule has 0 aromatic carbocycles. The number of nitriles is 1. The molecular weight excluding hydrogens is 178 g/mol. The number of aryl methyl sites for hydroxylation is 1. The maximum Gasteiger partial charge on any atom is 0.238 e. The zero-order valence-corrected chi connectivity index (χ0v) is 8.61. The van der Waals surface area contributed by atoms with E-state index < -0.39 is 0 Å². The Kier molecular flexibility index (Phi) is 3.29. The standard InChI is InChI=1S/C10H13N3O/c1-4-9-7-14-10(12-9)8(5-11)6-13(2)3/h6-7H,4H2,1-3H3. The number of hydrogen-bond acceptors (Lipinski definition) is 4. The third kappa shape index (κ3) is 2.36. The van der Waals surface area contributed by atoms with Crippen molar-refractivity contribution in [3.05, 3.63) is 24.0 Å². The van der Waals surface area contributed by atoms with Crippen LogP contribution in [0, 0.1) is 11.3 Å². The van der Waals surface area contributed by atoms with Crippen LogP contribution >= 0.6 is 0 Å². The Morgan fingerprint density at radius 3 is 2.86 bits per heavy atom. The van der Waals surface area contributed by atoms with Crippen LogP contribution in [-0.4, -0.2) is 24.0 Å². The summed E-state index contributed by atoms with van der Waals surface area (Å²) in [4.78, 5) is 5.95. The highest BCUT2D eigenvalue weighted by Crippen LogP contribution is 2.13. The van der Waals surface area contributed by atoms with Crippen LogP contribution in [0.4, 0.5) is 0 Å². The summed E-state index contributed by atoms with van der Waals surface area (Å²) >= 11 is 0. The summed E-state index contributed by atoms with van der Waals surface area (Å²) in [6.07, 6.45) is 4.08. The minimum atomic E-state index is 0.387. The average molecular weight is 191 g/mol. The van der Waals surface area contributed by atoms with E-state index in [2.05, 4.69) is 11.1 Å². The molecule has 0 N–H and O–H groups in total. The van der Waals surface area contributed by atoms with Gasteiger partial charge in [0, 0.05) is 20.3 Å². The highest BCUT2D eigenvalue weighted by Gasteiger charge is 2.08. The van der Waals surface area contributed by atoms with Gasteiger partial charge in [-0.15, -0.1) is 0 Å². The van der Waals surface area contributed by atoms with E-state index >= 15 is 0 Å². The molecule has 0 bridgehead atoms. The Hall–Kier alpha value is -1.76. The second-order valence-corrected chi connectivity index (χ2v) is 3.12. The first-order valence-electron chi connectivity index (χ1n) is 4.40. The summed E-state index contributed by atoms with van der Waals surface area (Å²) in [7, 11) is 3.70. The minimum Gasteiger partial charge on any atom is -0.444 e. The zero-order chi connectivity index (χ0) is 10.6. The third-order valence-corrected chi connectivity index (χ3v) is 1.65. The van der Waals surface area contributed by atoms with Crippen molar-refractivity contribution in [2.24, 2.45) is 0 Å². The lowest BCUT2D eigenvalue weighted by Crippen LogP contribution is -2.02. The van der Waals surface area contributed by atoms with E-state index in [4.69, 9.17) is 9.68 Å². The lowest BCUT2D eigenvalue weighted by Gasteiger charge is -2.03. The van der Waals surface area contributed by atoms with E-state index in [1.165, 1.54) is 0 Å². The molecule has 0 radical (unpaired) electrons. The van der Waals surface area contributed by atoms with Crippen LogP contribution in [0.1, 0.15) is 18.5 Å². The smallest absolute Gasteiger partial charge is 0.238 e. The van der Waals surface area contributed by atoms with Crippen molar-refractivity contribution in [2.75, 3.05) is 14.1 Å². The van der Waals surface area contributed by atoms with Crippen LogP contribution in [-0.2, 0) is 6.42 Å². The van der Waals surface area contributed by atoms with Gasteiger partial charge in [-0.05, 0) is 6.42 Å². The molecule has 74 valence electrons. The predicted octanol–water partition coefficient (Wildman–Crippen LogP) is 1.66. The molecule has 0 aliphatic rings. The summed E-state index contributed by atoms with van der Waals surface area (Å²) in [5.41, 5.74) is 1.30. The Morgan fingerprint density at radius 2 is 2.43 bits per heavy atom. The molecule has 0 amide bonds. The Morgan fingerprint density at radius 1 is 1.71 bits per heavy atom. The molecule has 0 aliphatic carbocycles. The van der Waals surface area contributed by atoms with Crippen molar-refractivity contribution in [3.63, 3.8) is 0 Å². The molecule has 0 aliphatic heterocycles. The van der Waals surface area contributed by atoms with Crippen molar-refractivity contribution in [1.29, 1.82) is 5.26 Å². The molecule has 1 rings (SSSR count). The second-order valence-electron chi connectivity index (χ2n) is 3.12. The van der Waals surface area contributed by atoms with E-state index in [-0.39, 0.29) is 0 Å². The number of aromatic nitrogens is 1. The highest BCUT2D eigenvalue weighted by molar-refractivity contribution is 5.71. The van der Waals surface area contributed by atoms with Gasteiger partial charge in [0.05, 0.1) is 5.69 Å². The quantitative estimate of drug-likeness (QED) is 0.682. The molecule has 4 heteroatoms. The number of oxazole rings is 1. The van der Waals surface area contributed by atoms with Crippen LogP contribution in [0.15, 0.2) is 16.9 Å². The van der Waals surface area contributed by atoms with Gasteiger partial charge >= 0.3 is 0 Å². The minimum absolute atomic E-state index is 0.387. The van der Waals surface area contributed by atoms with Crippen LogP contribution in [0.3, 0.4) is 0 Å². The molecule has 0 saturated heterocycles. The van der Waals surface area contributed by atoms with E-state index in [0.717, 1.165) is 12.1 Å². The maximum atomic E-state index is 8.87. The molecule has 14 heavy (non-hydrogen) atoms. The van der Waals surface area contributed by atoms with Gasteiger partial charge in [-0.1, -0.05) is 6.92 Å². The number of nitrogens with zero attached hydrogens (tertiary/aromatic N) is 3. The molecule has 4 nitrogen and oxygen atoms in total. The van der Waals surface area contributed by atoms with Gasteiger partial charge in [-0.3, -0.25) is 0 Å². The van der Waals surface area contributed by atoms with E-state index in [1.807, 2.05) is 21.0 Å². The Labute approximate surface area is 83.5 Å². The highest BCUT2D eigenvalue weighted by atomic mass is 16.3. The van der Waals surface area contributed by atoms with Gasteiger partial charge in [0.2, 0.25) is 5.89 Å². The fraction of sp³-hybridized carbons (Fsp3) is 0.400. The zero-order valence-electron chi connectivity index (χ0n) is 8.61. The van der Waals surface area contributed by atoms with Crippen LogP contribution in [0.5, 0.6) is 0 Å². The van der Waals surface area contributed by atoms with Gasteiger partial charge in [0.1, 0.15) is 17.9 Å². The second kappa shape index (κ2) is 4.47. The summed E-state index contributed by atoms with van der Waals surface area (Å²) in [5, 5.41) is 8.87. The molecule has 1 heterocycles. The van der Waals surface area contributed by atoms with Gasteiger partial charge in [0.15, 0.2) is 0 Å². The predicted molar refractivity (Wildman–Crippen MR) is 53.2 cm³/mol. The van der Waals surface area contributed by atoms with Gasteiger partial charge in [0.25, 0.3) is 0 Å². The van der Waals surface area contributed by atoms with Crippen LogP contribution in [0.2, 0.25) is 0 Å². The van der Waals surface area contributed by atoms with E-state index in [9.17, 15) is 0 Å². The molecule has 0 unspecified atom stereocenters. The lowest BCUT2D eigenvalue weighted by molar-refractivity contribution is 0.533. The SMILES string of the molecule is CCc1coc(C(C#N)=CN(C)C)n1. The molecule has 1 aromatic rings. The monoisotopic (exact) mass is 191 g/mol. The van der Waals surface area contributed by atoms with Crippen molar-refractivity contribution in [3.8, 4) is 6.07 Å². The summed E-state index contributed by atoms with van der Waals surface area (Å²) in [6, 6.07) is 2.05. The molecule has 0 saturated carbocycles. The van der Waals surface area contributed by atoms with Crippen LogP contribution in [0.25, 0.3) is 5.57 Å². The van der Waals surface area contributed by atoms with Crippen LogP contribution < -0.4 is 0 Å². The van der Waals surface area contributed by atoms with Crippen molar-refractivity contribution >= 4 is 5.57 Å². The van der Waals surface area contributed by atoms with Crippen molar-refractivity contribution < 1.29 is 4.42 Å². The van der Waals surface area contributed by atoms with Crippen molar-refractivity contribution in [2.45, 2.75) is 13.3 Å². The Bertz CT molecular complexity index is 371. The van der Waals surface area contributed by atoms with E-state index in [1.54, 1.807) is 17.4 Å². The first-order chi connectivity index (χ1) is 6.67. The first-order valence-corrected chi connectivity index (χ1v) is 4.40. The Balaban J connectivity index is 2.97. The fourth-order valence-electron chi connectivity index (χ4n) is 0.983. The van der Waals surface area contributed by atoms with Gasteiger partial charge in [-0.25, -0.2) is 4.98 Å². The van der Waals surface area contributed by atoms with E-state index in [0.29, 0.717) is 11.5 Å². The lowest BCUT2D eigenvalue weighted by atomic mass is 10.3. The normalized spacial score (nSPS) is 11.1. The molecular formula is C10H13N3O. The van der Waals surface area contributed by atoms with Gasteiger partial charge in [-0.2, -0.15) is 5.26 Å². The van der Waals surface area contributed by atoms with Gasteiger partial charge < -0.3 is 9.32 Å².